The second-order valence-corrected chi connectivity index (χ2v) is 4.30. The molecule has 1 unspecified atom stereocenters. The van der Waals surface area contributed by atoms with Crippen molar-refractivity contribution in [3.63, 3.8) is 0 Å². The van der Waals surface area contributed by atoms with Gasteiger partial charge in [0.05, 0.1) is 6.61 Å². The van der Waals surface area contributed by atoms with Crippen molar-refractivity contribution in [1.29, 1.82) is 0 Å². The summed E-state index contributed by atoms with van der Waals surface area (Å²) >= 11 is 0. The fourth-order valence-electron chi connectivity index (χ4n) is 0.720. The summed E-state index contributed by atoms with van der Waals surface area (Å²) in [7, 11) is 0. The van der Waals surface area contributed by atoms with E-state index in [-0.39, 0.29) is 0 Å². The van der Waals surface area contributed by atoms with Crippen LogP contribution in [0.4, 0.5) is 0 Å². The van der Waals surface area contributed by atoms with Crippen LogP contribution >= 0.6 is 0 Å². The highest BCUT2D eigenvalue weighted by Gasteiger charge is 2.22. The second kappa shape index (κ2) is 14.0. The highest BCUT2D eigenvalue weighted by Crippen LogP contribution is 2.11. The number of hydrogen-bond acceptors (Lipinski definition) is 2. The van der Waals surface area contributed by atoms with Gasteiger partial charge >= 0.3 is 0 Å². The zero-order valence-electron chi connectivity index (χ0n) is 12.9. The second-order valence-electron chi connectivity index (χ2n) is 4.30. The van der Waals surface area contributed by atoms with Gasteiger partial charge in [-0.05, 0) is 25.0 Å². The number of rotatable bonds is 5. The van der Waals surface area contributed by atoms with E-state index in [1.807, 2.05) is 39.0 Å². The third-order valence-corrected chi connectivity index (χ3v) is 1.49. The first-order chi connectivity index (χ1) is 8.60. The van der Waals surface area contributed by atoms with Crippen molar-refractivity contribution in [1.82, 2.24) is 0 Å². The van der Waals surface area contributed by atoms with Gasteiger partial charge in [-0.1, -0.05) is 53.3 Å². The van der Waals surface area contributed by atoms with Crippen LogP contribution in [0.3, 0.4) is 0 Å². The molecule has 0 aromatic rings. The van der Waals surface area contributed by atoms with Crippen LogP contribution in [-0.2, 0) is 9.47 Å². The normalized spacial score (nSPS) is 17.5. The van der Waals surface area contributed by atoms with E-state index in [0.717, 1.165) is 18.3 Å². The molecule has 106 valence electrons. The molecule has 0 N–H and O–H groups in total. The fourth-order valence-corrected chi connectivity index (χ4v) is 0.720. The molecule has 18 heavy (non-hydrogen) atoms. The van der Waals surface area contributed by atoms with Crippen molar-refractivity contribution in [2.45, 2.75) is 47.6 Å². The Morgan fingerprint density at radius 3 is 2.22 bits per heavy atom. The molecule has 2 nitrogen and oxygen atoms in total. The molecule has 1 atom stereocenters. The van der Waals surface area contributed by atoms with Crippen molar-refractivity contribution in [2.75, 3.05) is 13.2 Å². The minimum Gasteiger partial charge on any atom is -0.491 e. The molecule has 0 amide bonds. The van der Waals surface area contributed by atoms with Gasteiger partial charge in [-0.2, -0.15) is 0 Å². The Labute approximate surface area is 113 Å². The van der Waals surface area contributed by atoms with Crippen LogP contribution in [0.5, 0.6) is 0 Å². The molecule has 1 aliphatic rings. The highest BCUT2D eigenvalue weighted by molar-refractivity contribution is 5.16. The molecule has 0 aromatic carbocycles. The fraction of sp³-hybridized carbons (Fsp3) is 0.625. The zero-order chi connectivity index (χ0) is 14.4. The van der Waals surface area contributed by atoms with Gasteiger partial charge < -0.3 is 9.47 Å². The number of epoxide rings is 1. The average Bonchev–Trinajstić information content (AvgIpc) is 3.15. The molecule has 0 spiro atoms. The lowest BCUT2D eigenvalue weighted by atomic mass is 10.3. The molecule has 0 aromatic heterocycles. The lowest BCUT2D eigenvalue weighted by Gasteiger charge is -2.02. The van der Waals surface area contributed by atoms with Crippen LogP contribution in [0.2, 0.25) is 0 Å². The Morgan fingerprint density at radius 2 is 1.89 bits per heavy atom. The third-order valence-electron chi connectivity index (χ3n) is 1.49. The van der Waals surface area contributed by atoms with E-state index in [4.69, 9.17) is 9.47 Å². The molecular formula is C16H30O2. The standard InChI is InChI=1S/C10H14O2.C4H10.C2H6/c1-3-5-6-9(4-2)11-7-10-8-12-10;1-4(2)3;1-2/h3-6,10H,2,7-8H2,1H3;4H,1-3H3;1-2H3/b5-3-,9-6+;;. The van der Waals surface area contributed by atoms with E-state index in [9.17, 15) is 0 Å². The van der Waals surface area contributed by atoms with Crippen LogP contribution in [0, 0.1) is 5.92 Å². The van der Waals surface area contributed by atoms with Gasteiger partial charge in [0, 0.05) is 0 Å². The summed E-state index contributed by atoms with van der Waals surface area (Å²) in [5.74, 6) is 1.63. The smallest absolute Gasteiger partial charge is 0.118 e. The largest absolute Gasteiger partial charge is 0.491 e. The highest BCUT2D eigenvalue weighted by atomic mass is 16.6. The SMILES string of the molecule is C=C/C(=C\C=C/C)OCC1CO1.CC.CC(C)C. The van der Waals surface area contributed by atoms with Crippen molar-refractivity contribution < 1.29 is 9.47 Å². The summed E-state index contributed by atoms with van der Waals surface area (Å²) in [5.41, 5.74) is 0. The Balaban J connectivity index is 0. The predicted molar refractivity (Wildman–Crippen MR) is 80.6 cm³/mol. The van der Waals surface area contributed by atoms with Crippen LogP contribution in [-0.4, -0.2) is 19.3 Å². The van der Waals surface area contributed by atoms with Crippen molar-refractivity contribution in [3.8, 4) is 0 Å². The molecule has 1 fully saturated rings. The first kappa shape index (κ1) is 19.3. The number of hydrogen-bond donors (Lipinski definition) is 0. The Hall–Kier alpha value is -1.02. The number of allylic oxidation sites excluding steroid dienone is 4. The first-order valence-corrected chi connectivity index (χ1v) is 6.80. The molecule has 1 heterocycles. The zero-order valence-corrected chi connectivity index (χ0v) is 12.9. The van der Waals surface area contributed by atoms with Gasteiger partial charge in [0.2, 0.25) is 0 Å². The van der Waals surface area contributed by atoms with E-state index < -0.39 is 0 Å². The molecule has 0 bridgehead atoms. The van der Waals surface area contributed by atoms with Gasteiger partial charge in [-0.3, -0.25) is 0 Å². The maximum Gasteiger partial charge on any atom is 0.118 e. The molecule has 0 radical (unpaired) electrons. The summed E-state index contributed by atoms with van der Waals surface area (Å²) < 4.78 is 10.4. The summed E-state index contributed by atoms with van der Waals surface area (Å²) in [6, 6.07) is 0. The van der Waals surface area contributed by atoms with Crippen molar-refractivity contribution in [3.05, 3.63) is 36.6 Å². The average molecular weight is 254 g/mol. The summed E-state index contributed by atoms with van der Waals surface area (Å²) in [6.07, 6.45) is 7.75. The molecule has 1 rings (SSSR count). The quantitative estimate of drug-likeness (QED) is 0.402. The maximum atomic E-state index is 5.38. The summed E-state index contributed by atoms with van der Waals surface area (Å²) in [6.45, 7) is 17.6. The lowest BCUT2D eigenvalue weighted by Crippen LogP contribution is -1.99. The minimum absolute atomic E-state index is 0.305. The Bertz CT molecular complexity index is 233. The molecule has 1 saturated heterocycles. The van der Waals surface area contributed by atoms with Crippen molar-refractivity contribution in [2.24, 2.45) is 5.92 Å². The lowest BCUT2D eigenvalue weighted by molar-refractivity contribution is 0.193. The van der Waals surface area contributed by atoms with E-state index in [1.165, 1.54) is 0 Å². The molecular weight excluding hydrogens is 224 g/mol. The van der Waals surface area contributed by atoms with Crippen molar-refractivity contribution >= 4 is 0 Å². The van der Waals surface area contributed by atoms with Crippen LogP contribution in [0.1, 0.15) is 41.5 Å². The summed E-state index contributed by atoms with van der Waals surface area (Å²) in [4.78, 5) is 0. The van der Waals surface area contributed by atoms with Gasteiger partial charge in [0.15, 0.2) is 0 Å². The van der Waals surface area contributed by atoms with Crippen LogP contribution in [0.15, 0.2) is 36.6 Å². The molecule has 0 aliphatic carbocycles. The van der Waals surface area contributed by atoms with Crippen LogP contribution in [0.25, 0.3) is 0 Å². The van der Waals surface area contributed by atoms with E-state index in [2.05, 4.69) is 27.4 Å². The Kier molecular flexibility index (Phi) is 15.1. The van der Waals surface area contributed by atoms with Gasteiger partial charge in [0.1, 0.15) is 18.5 Å². The van der Waals surface area contributed by atoms with Gasteiger partial charge in [-0.25, -0.2) is 0 Å². The van der Waals surface area contributed by atoms with E-state index in [1.54, 1.807) is 6.08 Å². The monoisotopic (exact) mass is 254 g/mol. The van der Waals surface area contributed by atoms with Gasteiger partial charge in [0.25, 0.3) is 0 Å². The van der Waals surface area contributed by atoms with Gasteiger partial charge in [-0.15, -0.1) is 0 Å². The topological polar surface area (TPSA) is 21.8 Å². The molecule has 1 aliphatic heterocycles. The summed E-state index contributed by atoms with van der Waals surface area (Å²) in [5, 5.41) is 0. The Morgan fingerprint density at radius 1 is 1.39 bits per heavy atom. The maximum absolute atomic E-state index is 5.38. The minimum atomic E-state index is 0.305. The number of ether oxygens (including phenoxy) is 2. The van der Waals surface area contributed by atoms with Crippen LogP contribution < -0.4 is 0 Å². The van der Waals surface area contributed by atoms with E-state index in [0.29, 0.717) is 12.7 Å². The third kappa shape index (κ3) is 17.4. The molecule has 0 saturated carbocycles. The van der Waals surface area contributed by atoms with E-state index >= 15 is 0 Å². The first-order valence-electron chi connectivity index (χ1n) is 6.80. The predicted octanol–water partition coefficient (Wildman–Crippen LogP) is 4.74. The molecule has 2 heteroatoms.